The molecule has 1 aromatic carbocycles. The Kier molecular flexibility index (Phi) is 3.54. The van der Waals surface area contributed by atoms with Crippen LogP contribution in [-0.2, 0) is 0 Å². The lowest BCUT2D eigenvalue weighted by Crippen LogP contribution is -2.39. The van der Waals surface area contributed by atoms with Gasteiger partial charge in [-0.15, -0.1) is 0 Å². The van der Waals surface area contributed by atoms with E-state index >= 15 is 0 Å². The summed E-state index contributed by atoms with van der Waals surface area (Å²) in [6.45, 7) is 1.14. The number of nitrogens with zero attached hydrogens (tertiary/aromatic N) is 1. The molecule has 1 saturated heterocycles. The summed E-state index contributed by atoms with van der Waals surface area (Å²) in [5.41, 5.74) is 5.87. The van der Waals surface area contributed by atoms with Crippen LogP contribution in [0.2, 0.25) is 5.02 Å². The normalized spacial score (nSPS) is 19.6. The molecule has 1 heterocycles. The molecule has 1 atom stereocenters. The molecule has 3 N–H and O–H groups in total. The Bertz CT molecular complexity index is 437. The van der Waals surface area contributed by atoms with Gasteiger partial charge in [-0.1, -0.05) is 11.6 Å². The topological polar surface area (TPSA) is 66.6 Å². The van der Waals surface area contributed by atoms with Gasteiger partial charge in [0.25, 0.3) is 5.91 Å². The van der Waals surface area contributed by atoms with Gasteiger partial charge >= 0.3 is 0 Å². The van der Waals surface area contributed by atoms with Gasteiger partial charge in [0.15, 0.2) is 0 Å². The lowest BCUT2D eigenvalue weighted by atomic mass is 10.1. The molecule has 5 heteroatoms. The zero-order chi connectivity index (χ0) is 12.4. The fraction of sp³-hybridized carbons (Fsp3) is 0.417. The van der Waals surface area contributed by atoms with Crippen LogP contribution in [0.25, 0.3) is 0 Å². The Labute approximate surface area is 105 Å². The van der Waals surface area contributed by atoms with E-state index in [0.29, 0.717) is 18.1 Å². The fourth-order valence-corrected chi connectivity index (χ4v) is 2.35. The molecule has 0 aliphatic carbocycles. The van der Waals surface area contributed by atoms with Crippen molar-refractivity contribution in [2.24, 2.45) is 5.73 Å². The van der Waals surface area contributed by atoms with Crippen LogP contribution in [0.4, 0.5) is 0 Å². The van der Waals surface area contributed by atoms with Crippen LogP contribution in [0.3, 0.4) is 0 Å². The SMILES string of the molecule is NCC1CCCN1C(=O)c1cc(Cl)ccc1O. The first-order valence-corrected chi connectivity index (χ1v) is 6.01. The smallest absolute Gasteiger partial charge is 0.257 e. The number of halogens is 1. The van der Waals surface area contributed by atoms with E-state index in [1.54, 1.807) is 11.0 Å². The standard InChI is InChI=1S/C12H15ClN2O2/c13-8-3-4-11(16)10(6-8)12(17)15-5-1-2-9(15)7-14/h3-4,6,9,16H,1-2,5,7,14H2. The largest absolute Gasteiger partial charge is 0.507 e. The van der Waals surface area contributed by atoms with E-state index < -0.39 is 0 Å². The lowest BCUT2D eigenvalue weighted by Gasteiger charge is -2.23. The highest BCUT2D eigenvalue weighted by Crippen LogP contribution is 2.26. The van der Waals surface area contributed by atoms with Crippen LogP contribution in [0.1, 0.15) is 23.2 Å². The average Bonchev–Trinajstić information content (AvgIpc) is 2.79. The van der Waals surface area contributed by atoms with Crippen molar-refractivity contribution in [1.29, 1.82) is 0 Å². The summed E-state index contributed by atoms with van der Waals surface area (Å²) in [7, 11) is 0. The third-order valence-corrected chi connectivity index (χ3v) is 3.33. The summed E-state index contributed by atoms with van der Waals surface area (Å²) in [5, 5.41) is 10.1. The minimum atomic E-state index is -0.196. The van der Waals surface area contributed by atoms with Crippen molar-refractivity contribution in [2.75, 3.05) is 13.1 Å². The molecule has 1 amide bonds. The number of likely N-dealkylation sites (tertiary alicyclic amines) is 1. The van der Waals surface area contributed by atoms with Gasteiger partial charge in [0.1, 0.15) is 5.75 Å². The van der Waals surface area contributed by atoms with Gasteiger partial charge in [0.2, 0.25) is 0 Å². The summed E-state index contributed by atoms with van der Waals surface area (Å²) in [6, 6.07) is 4.55. The highest BCUT2D eigenvalue weighted by molar-refractivity contribution is 6.31. The molecule has 1 unspecified atom stereocenters. The van der Waals surface area contributed by atoms with E-state index in [1.807, 2.05) is 0 Å². The Balaban J connectivity index is 2.27. The first-order valence-electron chi connectivity index (χ1n) is 5.63. The maximum atomic E-state index is 12.2. The van der Waals surface area contributed by atoms with Crippen molar-refractivity contribution in [1.82, 2.24) is 4.90 Å². The lowest BCUT2D eigenvalue weighted by molar-refractivity contribution is 0.0738. The first-order chi connectivity index (χ1) is 8.13. The van der Waals surface area contributed by atoms with Gasteiger partial charge in [0, 0.05) is 24.2 Å². The number of phenolic OH excluding ortho intramolecular Hbond substituents is 1. The van der Waals surface area contributed by atoms with E-state index in [9.17, 15) is 9.90 Å². The molecule has 92 valence electrons. The van der Waals surface area contributed by atoms with Crippen LogP contribution in [0, 0.1) is 0 Å². The number of rotatable bonds is 2. The van der Waals surface area contributed by atoms with Gasteiger partial charge in [-0.3, -0.25) is 4.79 Å². The van der Waals surface area contributed by atoms with E-state index in [0.717, 1.165) is 12.8 Å². The third-order valence-electron chi connectivity index (χ3n) is 3.10. The summed E-state index contributed by atoms with van der Waals surface area (Å²) >= 11 is 5.83. The fourth-order valence-electron chi connectivity index (χ4n) is 2.18. The molecular formula is C12H15ClN2O2. The number of benzene rings is 1. The number of nitrogens with two attached hydrogens (primary N) is 1. The van der Waals surface area contributed by atoms with Gasteiger partial charge in [-0.25, -0.2) is 0 Å². The molecule has 2 rings (SSSR count). The van der Waals surface area contributed by atoms with E-state index in [2.05, 4.69) is 0 Å². The molecule has 1 aliphatic rings. The predicted molar refractivity (Wildman–Crippen MR) is 66.2 cm³/mol. The van der Waals surface area contributed by atoms with Gasteiger partial charge in [-0.2, -0.15) is 0 Å². The molecule has 4 nitrogen and oxygen atoms in total. The van der Waals surface area contributed by atoms with Crippen molar-refractivity contribution < 1.29 is 9.90 Å². The van der Waals surface area contributed by atoms with E-state index in [1.165, 1.54) is 12.1 Å². The van der Waals surface area contributed by atoms with Gasteiger partial charge in [-0.05, 0) is 31.0 Å². The number of carbonyl (C=O) groups is 1. The van der Waals surface area contributed by atoms with Gasteiger partial charge in [0.05, 0.1) is 5.56 Å². The molecule has 1 aliphatic heterocycles. The number of amides is 1. The molecule has 0 aromatic heterocycles. The van der Waals surface area contributed by atoms with Crippen LogP contribution in [-0.4, -0.2) is 35.0 Å². The zero-order valence-electron chi connectivity index (χ0n) is 9.40. The Morgan fingerprint density at radius 2 is 2.35 bits per heavy atom. The van der Waals surface area contributed by atoms with Gasteiger partial charge < -0.3 is 15.7 Å². The summed E-state index contributed by atoms with van der Waals surface area (Å²) < 4.78 is 0. The van der Waals surface area contributed by atoms with Crippen molar-refractivity contribution >= 4 is 17.5 Å². The molecule has 0 radical (unpaired) electrons. The minimum Gasteiger partial charge on any atom is -0.507 e. The second-order valence-electron chi connectivity index (χ2n) is 4.19. The Morgan fingerprint density at radius 1 is 1.59 bits per heavy atom. The number of aromatic hydroxyl groups is 1. The van der Waals surface area contributed by atoms with Crippen molar-refractivity contribution in [3.05, 3.63) is 28.8 Å². The first kappa shape index (κ1) is 12.2. The minimum absolute atomic E-state index is 0.0397. The van der Waals surface area contributed by atoms with E-state index in [4.69, 9.17) is 17.3 Å². The summed E-state index contributed by atoms with van der Waals surface area (Å²) in [5.74, 6) is -0.236. The van der Waals surface area contributed by atoms with Crippen LogP contribution >= 0.6 is 11.6 Å². The molecule has 1 fully saturated rings. The van der Waals surface area contributed by atoms with Crippen molar-refractivity contribution in [3.63, 3.8) is 0 Å². The highest BCUT2D eigenvalue weighted by Gasteiger charge is 2.29. The maximum absolute atomic E-state index is 12.2. The molecule has 1 aromatic rings. The van der Waals surface area contributed by atoms with Crippen LogP contribution in [0.15, 0.2) is 18.2 Å². The summed E-state index contributed by atoms with van der Waals surface area (Å²) in [4.78, 5) is 14.0. The maximum Gasteiger partial charge on any atom is 0.257 e. The van der Waals surface area contributed by atoms with Crippen molar-refractivity contribution in [2.45, 2.75) is 18.9 Å². The molecule has 17 heavy (non-hydrogen) atoms. The molecule has 0 spiro atoms. The second-order valence-corrected chi connectivity index (χ2v) is 4.63. The van der Waals surface area contributed by atoms with Crippen LogP contribution in [0.5, 0.6) is 5.75 Å². The number of carbonyl (C=O) groups excluding carboxylic acids is 1. The number of hydrogen-bond acceptors (Lipinski definition) is 3. The average molecular weight is 255 g/mol. The number of phenols is 1. The highest BCUT2D eigenvalue weighted by atomic mass is 35.5. The Hall–Kier alpha value is -1.26. The number of hydrogen-bond donors (Lipinski definition) is 2. The second kappa shape index (κ2) is 4.94. The molecule has 0 bridgehead atoms. The quantitative estimate of drug-likeness (QED) is 0.843. The summed E-state index contributed by atoms with van der Waals surface area (Å²) in [6.07, 6.45) is 1.87. The Morgan fingerprint density at radius 3 is 3.06 bits per heavy atom. The molecular weight excluding hydrogens is 240 g/mol. The monoisotopic (exact) mass is 254 g/mol. The predicted octanol–water partition coefficient (Wildman–Crippen LogP) is 1.61. The van der Waals surface area contributed by atoms with Crippen LogP contribution < -0.4 is 5.73 Å². The van der Waals surface area contributed by atoms with E-state index in [-0.39, 0.29) is 23.3 Å². The third kappa shape index (κ3) is 2.37. The zero-order valence-corrected chi connectivity index (χ0v) is 10.2. The molecule has 0 saturated carbocycles. The van der Waals surface area contributed by atoms with Crippen molar-refractivity contribution in [3.8, 4) is 5.75 Å².